The average molecular weight is 580 g/mol. The van der Waals surface area contributed by atoms with Gasteiger partial charge in [0, 0.05) is 24.2 Å². The van der Waals surface area contributed by atoms with Crippen molar-refractivity contribution in [3.63, 3.8) is 0 Å². The van der Waals surface area contributed by atoms with E-state index in [4.69, 9.17) is 14.9 Å². The Bertz CT molecular complexity index is 1740. The minimum absolute atomic E-state index is 0.0308. The SMILES string of the molecule is CCCc1ccc(OCc2ccc(C(=O)Nc3c(C(N)=O)sc4nc(C(F)F)cc(-c5cn(C)nc5C)c34)o2)cc1. The van der Waals surface area contributed by atoms with Crippen LogP contribution in [0.5, 0.6) is 5.75 Å². The molecule has 0 aliphatic carbocycles. The number of nitrogens with two attached hydrogens (primary N) is 1. The largest absolute Gasteiger partial charge is 0.486 e. The van der Waals surface area contributed by atoms with Gasteiger partial charge in [0.25, 0.3) is 18.2 Å². The predicted octanol–water partition coefficient (Wildman–Crippen LogP) is 6.42. The topological polar surface area (TPSA) is 125 Å². The fraction of sp³-hybridized carbons (Fsp3) is 0.241. The molecule has 0 unspecified atom stereocenters. The summed E-state index contributed by atoms with van der Waals surface area (Å²) < 4.78 is 40.5. The first-order chi connectivity index (χ1) is 19.6. The number of amides is 2. The van der Waals surface area contributed by atoms with Crippen molar-refractivity contribution in [3.8, 4) is 16.9 Å². The van der Waals surface area contributed by atoms with E-state index < -0.39 is 23.9 Å². The molecule has 0 aliphatic heterocycles. The second-order valence-electron chi connectivity index (χ2n) is 9.45. The number of hydrogen-bond acceptors (Lipinski definition) is 7. The van der Waals surface area contributed by atoms with Crippen LogP contribution in [0.3, 0.4) is 0 Å². The van der Waals surface area contributed by atoms with E-state index in [1.807, 2.05) is 24.3 Å². The Kier molecular flexibility index (Phi) is 7.84. The number of aryl methyl sites for hydroxylation is 3. The number of primary amides is 1. The number of anilines is 1. The number of pyridine rings is 1. The number of aromatic nitrogens is 3. The summed E-state index contributed by atoms with van der Waals surface area (Å²) >= 11 is 0.826. The molecule has 9 nitrogen and oxygen atoms in total. The second-order valence-corrected chi connectivity index (χ2v) is 10.4. The van der Waals surface area contributed by atoms with Crippen LogP contribution in [-0.2, 0) is 20.1 Å². The quantitative estimate of drug-likeness (QED) is 0.197. The van der Waals surface area contributed by atoms with Crippen molar-refractivity contribution in [2.75, 3.05) is 5.32 Å². The first kappa shape index (κ1) is 28.0. The number of fused-ring (bicyclic) bond motifs is 1. The number of carbonyl (C=O) groups excluding carboxylic acids is 2. The first-order valence-electron chi connectivity index (χ1n) is 12.8. The van der Waals surface area contributed by atoms with Crippen LogP contribution in [0.4, 0.5) is 14.5 Å². The number of hydrogen-bond donors (Lipinski definition) is 2. The monoisotopic (exact) mass is 579 g/mol. The van der Waals surface area contributed by atoms with Crippen molar-refractivity contribution < 1.29 is 27.5 Å². The van der Waals surface area contributed by atoms with Crippen LogP contribution in [0.2, 0.25) is 0 Å². The van der Waals surface area contributed by atoms with Gasteiger partial charge in [0.2, 0.25) is 0 Å². The number of furan rings is 1. The molecule has 0 saturated heterocycles. The van der Waals surface area contributed by atoms with Gasteiger partial charge in [-0.05, 0) is 54.8 Å². The van der Waals surface area contributed by atoms with E-state index in [0.717, 1.165) is 24.2 Å². The van der Waals surface area contributed by atoms with Gasteiger partial charge in [0.1, 0.15) is 33.5 Å². The van der Waals surface area contributed by atoms with Gasteiger partial charge in [-0.3, -0.25) is 14.3 Å². The van der Waals surface area contributed by atoms with E-state index in [0.29, 0.717) is 33.7 Å². The summed E-state index contributed by atoms with van der Waals surface area (Å²) in [5, 5.41) is 7.32. The van der Waals surface area contributed by atoms with E-state index in [1.165, 1.54) is 17.7 Å². The Labute approximate surface area is 237 Å². The Hall–Kier alpha value is -4.58. The van der Waals surface area contributed by atoms with Crippen LogP contribution in [0.25, 0.3) is 21.3 Å². The molecule has 5 aromatic rings. The first-order valence-corrected chi connectivity index (χ1v) is 13.6. The highest BCUT2D eigenvalue weighted by Gasteiger charge is 2.27. The van der Waals surface area contributed by atoms with E-state index in [9.17, 15) is 18.4 Å². The van der Waals surface area contributed by atoms with Gasteiger partial charge in [-0.1, -0.05) is 25.5 Å². The van der Waals surface area contributed by atoms with Gasteiger partial charge < -0.3 is 20.2 Å². The molecule has 3 N–H and O–H groups in total. The average Bonchev–Trinajstić information content (AvgIpc) is 3.65. The van der Waals surface area contributed by atoms with Gasteiger partial charge in [0.05, 0.1) is 11.4 Å². The molecule has 0 bridgehead atoms. The molecule has 1 aromatic carbocycles. The highest BCUT2D eigenvalue weighted by molar-refractivity contribution is 7.21. The summed E-state index contributed by atoms with van der Waals surface area (Å²) in [6.07, 6.45) is 0.853. The Morgan fingerprint density at radius 2 is 1.93 bits per heavy atom. The maximum Gasteiger partial charge on any atom is 0.291 e. The molecule has 0 aliphatic rings. The normalized spacial score (nSPS) is 11.4. The summed E-state index contributed by atoms with van der Waals surface area (Å²) in [7, 11) is 1.70. The van der Waals surface area contributed by atoms with E-state index in [2.05, 4.69) is 22.3 Å². The number of benzene rings is 1. The van der Waals surface area contributed by atoms with Gasteiger partial charge in [-0.15, -0.1) is 11.3 Å². The highest BCUT2D eigenvalue weighted by atomic mass is 32.1. The van der Waals surface area contributed by atoms with Crippen LogP contribution in [-0.4, -0.2) is 26.6 Å². The number of thiophene rings is 1. The summed E-state index contributed by atoms with van der Waals surface area (Å²) in [5.74, 6) is -0.457. The molecular weight excluding hydrogens is 552 g/mol. The van der Waals surface area contributed by atoms with Crippen molar-refractivity contribution in [2.24, 2.45) is 12.8 Å². The highest BCUT2D eigenvalue weighted by Crippen LogP contribution is 2.43. The van der Waals surface area contributed by atoms with Crippen molar-refractivity contribution in [1.82, 2.24) is 14.8 Å². The summed E-state index contributed by atoms with van der Waals surface area (Å²) in [4.78, 5) is 29.8. The maximum atomic E-state index is 13.8. The lowest BCUT2D eigenvalue weighted by atomic mass is 10.0. The van der Waals surface area contributed by atoms with Gasteiger partial charge >= 0.3 is 0 Å². The Balaban J connectivity index is 1.45. The third-order valence-corrected chi connectivity index (χ3v) is 7.50. The molecule has 41 heavy (non-hydrogen) atoms. The lowest BCUT2D eigenvalue weighted by Gasteiger charge is -2.10. The van der Waals surface area contributed by atoms with Crippen molar-refractivity contribution in [1.29, 1.82) is 0 Å². The van der Waals surface area contributed by atoms with Crippen molar-refractivity contribution in [3.05, 3.63) is 82.0 Å². The molecule has 0 radical (unpaired) electrons. The summed E-state index contributed by atoms with van der Waals surface area (Å²) in [6, 6.07) is 12.1. The van der Waals surface area contributed by atoms with Crippen LogP contribution in [0.1, 0.15) is 62.7 Å². The fourth-order valence-electron chi connectivity index (χ4n) is 4.55. The van der Waals surface area contributed by atoms with Gasteiger partial charge in [0.15, 0.2) is 5.76 Å². The summed E-state index contributed by atoms with van der Waals surface area (Å²) in [6.45, 7) is 3.94. The number of ether oxygens (including phenoxy) is 1. The molecule has 4 heterocycles. The zero-order valence-corrected chi connectivity index (χ0v) is 23.4. The molecule has 0 fully saturated rings. The molecule has 0 atom stereocenters. The third-order valence-electron chi connectivity index (χ3n) is 6.40. The molecule has 212 valence electrons. The minimum atomic E-state index is -2.86. The van der Waals surface area contributed by atoms with Crippen molar-refractivity contribution in [2.45, 2.75) is 39.7 Å². The number of nitrogens with zero attached hydrogens (tertiary/aromatic N) is 3. The van der Waals surface area contributed by atoms with Gasteiger partial charge in [-0.2, -0.15) is 5.10 Å². The molecule has 12 heteroatoms. The Morgan fingerprint density at radius 3 is 2.56 bits per heavy atom. The van der Waals surface area contributed by atoms with Crippen LogP contribution >= 0.6 is 11.3 Å². The minimum Gasteiger partial charge on any atom is -0.486 e. The predicted molar refractivity (Wildman–Crippen MR) is 151 cm³/mol. The number of rotatable bonds is 10. The second kappa shape index (κ2) is 11.5. The van der Waals surface area contributed by atoms with Crippen LogP contribution in [0, 0.1) is 6.92 Å². The van der Waals surface area contributed by atoms with Gasteiger partial charge in [-0.25, -0.2) is 13.8 Å². The lowest BCUT2D eigenvalue weighted by molar-refractivity contribution is 0.0992. The number of alkyl halides is 2. The molecule has 0 spiro atoms. The number of nitrogens with one attached hydrogen (secondary N) is 1. The maximum absolute atomic E-state index is 13.8. The third kappa shape index (κ3) is 5.82. The molecule has 0 saturated carbocycles. The van der Waals surface area contributed by atoms with E-state index >= 15 is 0 Å². The standard InChI is InChI=1S/C29H27F2N5O4S/c1-4-5-16-6-8-17(9-7-16)39-14-18-10-11-22(40-18)28(38)34-24-23-19(20-13-36(3)35-15(20)2)12-21(26(30)31)33-29(23)41-25(24)27(32)37/h6-13,26H,4-5,14H2,1-3H3,(H2,32,37)(H,34,38). The zero-order valence-electron chi connectivity index (χ0n) is 22.5. The van der Waals surface area contributed by atoms with Crippen LogP contribution in [0.15, 0.2) is 53.1 Å². The smallest absolute Gasteiger partial charge is 0.291 e. The fourth-order valence-corrected chi connectivity index (χ4v) is 5.56. The van der Waals surface area contributed by atoms with E-state index in [-0.39, 0.29) is 27.8 Å². The number of carbonyl (C=O) groups is 2. The molecule has 4 aromatic heterocycles. The molecule has 2 amide bonds. The molecular formula is C29H27F2N5O4S. The van der Waals surface area contributed by atoms with Crippen molar-refractivity contribution >= 4 is 39.1 Å². The summed E-state index contributed by atoms with van der Waals surface area (Å²) in [5.41, 5.74) is 7.90. The number of halogens is 2. The van der Waals surface area contributed by atoms with E-state index in [1.54, 1.807) is 30.9 Å². The van der Waals surface area contributed by atoms with Crippen LogP contribution < -0.4 is 15.8 Å². The Morgan fingerprint density at radius 1 is 1.17 bits per heavy atom. The zero-order chi connectivity index (χ0) is 29.3. The lowest BCUT2D eigenvalue weighted by Crippen LogP contribution is -2.16. The molecule has 5 rings (SSSR count).